The zero-order valence-corrected chi connectivity index (χ0v) is 15.4. The molecule has 1 atom stereocenters. The van der Waals surface area contributed by atoms with Crippen LogP contribution in [-0.2, 0) is 13.0 Å². The van der Waals surface area contributed by atoms with Crippen molar-refractivity contribution in [1.29, 1.82) is 0 Å². The van der Waals surface area contributed by atoms with E-state index in [1.807, 2.05) is 12.1 Å². The minimum absolute atomic E-state index is 0.0385. The molecule has 0 aliphatic carbocycles. The van der Waals surface area contributed by atoms with Crippen LogP contribution in [0.1, 0.15) is 29.5 Å². The minimum atomic E-state index is -0.0385. The lowest BCUT2D eigenvalue weighted by atomic mass is 9.75. The van der Waals surface area contributed by atoms with Crippen molar-refractivity contribution in [2.45, 2.75) is 32.7 Å². The zero-order valence-electron chi connectivity index (χ0n) is 15.4. The molecule has 3 nitrogen and oxygen atoms in total. The summed E-state index contributed by atoms with van der Waals surface area (Å²) in [7, 11) is 1.71. The van der Waals surface area contributed by atoms with Gasteiger partial charge in [0.1, 0.15) is 5.75 Å². The number of methoxy groups -OCH3 is 1. The van der Waals surface area contributed by atoms with E-state index >= 15 is 0 Å². The normalized spacial score (nSPS) is 21.2. The van der Waals surface area contributed by atoms with Crippen molar-refractivity contribution in [2.75, 3.05) is 26.8 Å². The van der Waals surface area contributed by atoms with E-state index in [-0.39, 0.29) is 12.0 Å². The van der Waals surface area contributed by atoms with Crippen molar-refractivity contribution in [2.24, 2.45) is 5.41 Å². The molecule has 1 fully saturated rings. The lowest BCUT2D eigenvalue weighted by Gasteiger charge is -2.42. The van der Waals surface area contributed by atoms with Crippen LogP contribution in [0, 0.1) is 12.3 Å². The van der Waals surface area contributed by atoms with E-state index in [2.05, 4.69) is 48.2 Å². The summed E-state index contributed by atoms with van der Waals surface area (Å²) in [4.78, 5) is 2.48. The summed E-state index contributed by atoms with van der Waals surface area (Å²) in [5.74, 6) is 0.905. The molecule has 0 amide bonds. The Kier molecular flexibility index (Phi) is 5.77. The van der Waals surface area contributed by atoms with Gasteiger partial charge in [-0.25, -0.2) is 0 Å². The number of ether oxygens (including phenoxy) is 1. The maximum absolute atomic E-state index is 10.2. The lowest BCUT2D eigenvalue weighted by Crippen LogP contribution is -2.46. The highest BCUT2D eigenvalue weighted by Crippen LogP contribution is 2.35. The first-order chi connectivity index (χ1) is 12.1. The number of piperidine rings is 1. The van der Waals surface area contributed by atoms with Crippen molar-refractivity contribution in [1.82, 2.24) is 4.90 Å². The Morgan fingerprint density at radius 1 is 1.16 bits per heavy atom. The third-order valence-corrected chi connectivity index (χ3v) is 5.44. The average molecular weight is 339 g/mol. The first-order valence-electron chi connectivity index (χ1n) is 9.15. The third kappa shape index (κ3) is 4.42. The smallest absolute Gasteiger partial charge is 0.119 e. The van der Waals surface area contributed by atoms with Crippen LogP contribution in [0.25, 0.3) is 0 Å². The molecule has 0 aromatic heterocycles. The molecule has 3 rings (SSSR count). The lowest BCUT2D eigenvalue weighted by molar-refractivity contribution is 0.0287. The van der Waals surface area contributed by atoms with Gasteiger partial charge in [-0.15, -0.1) is 0 Å². The second kappa shape index (κ2) is 8.03. The Labute approximate surface area is 151 Å². The molecule has 0 radical (unpaired) electrons. The van der Waals surface area contributed by atoms with E-state index in [0.717, 1.165) is 44.6 Å². The van der Waals surface area contributed by atoms with Crippen LogP contribution in [0.3, 0.4) is 0 Å². The van der Waals surface area contributed by atoms with Crippen LogP contribution in [0.2, 0.25) is 0 Å². The molecule has 0 unspecified atom stereocenters. The molecule has 25 heavy (non-hydrogen) atoms. The fourth-order valence-corrected chi connectivity index (χ4v) is 4.02. The first kappa shape index (κ1) is 18.0. The number of aliphatic hydroxyl groups excluding tert-OH is 1. The molecule has 1 heterocycles. The van der Waals surface area contributed by atoms with Crippen LogP contribution in [-0.4, -0.2) is 36.8 Å². The highest BCUT2D eigenvalue weighted by atomic mass is 16.5. The molecule has 0 spiro atoms. The summed E-state index contributed by atoms with van der Waals surface area (Å²) in [6.07, 6.45) is 3.17. The minimum Gasteiger partial charge on any atom is -0.497 e. The second-order valence-electron chi connectivity index (χ2n) is 7.43. The van der Waals surface area contributed by atoms with Crippen molar-refractivity contribution < 1.29 is 9.84 Å². The molecule has 1 aliphatic heterocycles. The summed E-state index contributed by atoms with van der Waals surface area (Å²) in [6.45, 7) is 5.35. The van der Waals surface area contributed by atoms with E-state index in [4.69, 9.17) is 4.74 Å². The first-order valence-corrected chi connectivity index (χ1v) is 9.15. The van der Waals surface area contributed by atoms with Gasteiger partial charge in [0.15, 0.2) is 0 Å². The zero-order chi connectivity index (χ0) is 17.7. The highest BCUT2D eigenvalue weighted by Gasteiger charge is 2.35. The van der Waals surface area contributed by atoms with E-state index in [1.165, 1.54) is 16.7 Å². The summed E-state index contributed by atoms with van der Waals surface area (Å²) in [5, 5.41) is 10.2. The molecule has 2 aromatic rings. The molecule has 2 aromatic carbocycles. The molecular formula is C22H29NO2. The van der Waals surface area contributed by atoms with E-state index in [0.29, 0.717) is 0 Å². The van der Waals surface area contributed by atoms with Gasteiger partial charge in [-0.1, -0.05) is 36.4 Å². The summed E-state index contributed by atoms with van der Waals surface area (Å²) in [6, 6.07) is 16.8. The monoisotopic (exact) mass is 339 g/mol. The third-order valence-electron chi connectivity index (χ3n) is 5.44. The second-order valence-corrected chi connectivity index (χ2v) is 7.43. The molecule has 1 aliphatic rings. The largest absolute Gasteiger partial charge is 0.497 e. The van der Waals surface area contributed by atoms with Gasteiger partial charge >= 0.3 is 0 Å². The number of rotatable bonds is 6. The fourth-order valence-electron chi connectivity index (χ4n) is 4.02. The fraction of sp³-hybridized carbons (Fsp3) is 0.455. The molecular weight excluding hydrogens is 310 g/mol. The van der Waals surface area contributed by atoms with Crippen molar-refractivity contribution in [3.8, 4) is 5.75 Å². The van der Waals surface area contributed by atoms with Gasteiger partial charge in [-0.3, -0.25) is 4.90 Å². The molecule has 1 saturated heterocycles. The van der Waals surface area contributed by atoms with Crippen LogP contribution < -0.4 is 4.74 Å². The molecule has 0 bridgehead atoms. The Bertz CT molecular complexity index is 700. The maximum atomic E-state index is 10.2. The van der Waals surface area contributed by atoms with Gasteiger partial charge in [0.25, 0.3) is 0 Å². The number of likely N-dealkylation sites (tertiary alicyclic amines) is 1. The standard InChI is InChI=1S/C22H29NO2/c1-18-7-3-4-9-20(18)14-22(17-24)11-6-12-23(16-22)15-19-8-5-10-21(13-19)25-2/h3-5,7-10,13,24H,6,11-12,14-17H2,1-2H3/t22-/m0/s1. The average Bonchev–Trinajstić information content (AvgIpc) is 2.64. The highest BCUT2D eigenvalue weighted by molar-refractivity contribution is 5.29. The van der Waals surface area contributed by atoms with Crippen molar-refractivity contribution >= 4 is 0 Å². The molecule has 134 valence electrons. The van der Waals surface area contributed by atoms with Gasteiger partial charge in [0, 0.05) is 18.5 Å². The Morgan fingerprint density at radius 3 is 2.76 bits per heavy atom. The summed E-state index contributed by atoms with van der Waals surface area (Å²) >= 11 is 0. The topological polar surface area (TPSA) is 32.7 Å². The number of hydrogen-bond donors (Lipinski definition) is 1. The van der Waals surface area contributed by atoms with Gasteiger partial charge in [0.2, 0.25) is 0 Å². The van der Waals surface area contributed by atoms with Gasteiger partial charge < -0.3 is 9.84 Å². The van der Waals surface area contributed by atoms with Gasteiger partial charge in [-0.05, 0) is 61.6 Å². The van der Waals surface area contributed by atoms with Crippen molar-refractivity contribution in [3.05, 3.63) is 65.2 Å². The Morgan fingerprint density at radius 2 is 2.00 bits per heavy atom. The predicted octanol–water partition coefficient (Wildman–Crippen LogP) is 3.82. The summed E-state index contributed by atoms with van der Waals surface area (Å²) in [5.41, 5.74) is 3.91. The Hall–Kier alpha value is -1.84. The molecule has 3 heteroatoms. The van der Waals surface area contributed by atoms with Gasteiger partial charge in [-0.2, -0.15) is 0 Å². The predicted molar refractivity (Wildman–Crippen MR) is 102 cm³/mol. The van der Waals surface area contributed by atoms with Crippen LogP contribution in [0.5, 0.6) is 5.75 Å². The van der Waals surface area contributed by atoms with Gasteiger partial charge in [0.05, 0.1) is 13.7 Å². The Balaban J connectivity index is 1.72. The number of hydrogen-bond acceptors (Lipinski definition) is 3. The van der Waals surface area contributed by atoms with Crippen LogP contribution in [0.15, 0.2) is 48.5 Å². The number of benzene rings is 2. The van der Waals surface area contributed by atoms with Crippen LogP contribution >= 0.6 is 0 Å². The van der Waals surface area contributed by atoms with E-state index in [9.17, 15) is 5.11 Å². The van der Waals surface area contributed by atoms with E-state index < -0.39 is 0 Å². The number of nitrogens with zero attached hydrogens (tertiary/aromatic N) is 1. The van der Waals surface area contributed by atoms with Crippen LogP contribution in [0.4, 0.5) is 0 Å². The molecule has 0 saturated carbocycles. The van der Waals surface area contributed by atoms with E-state index in [1.54, 1.807) is 7.11 Å². The quantitative estimate of drug-likeness (QED) is 0.868. The SMILES string of the molecule is COc1cccc(CN2CCC[C@](CO)(Cc3ccccc3C)C2)c1. The maximum Gasteiger partial charge on any atom is 0.119 e. The number of aryl methyl sites for hydroxylation is 1. The van der Waals surface area contributed by atoms with Crippen molar-refractivity contribution in [3.63, 3.8) is 0 Å². The molecule has 1 N–H and O–H groups in total. The number of aliphatic hydroxyl groups is 1. The summed E-state index contributed by atoms with van der Waals surface area (Å²) < 4.78 is 5.34.